The van der Waals surface area contributed by atoms with Crippen LogP contribution in [0, 0.1) is 0 Å². The molecule has 2 amide bonds. The fourth-order valence-corrected chi connectivity index (χ4v) is 3.67. The van der Waals surface area contributed by atoms with Gasteiger partial charge in [-0.25, -0.2) is 0 Å². The predicted octanol–water partition coefficient (Wildman–Crippen LogP) is 2.90. The Morgan fingerprint density at radius 2 is 1.67 bits per heavy atom. The normalized spacial score (nSPS) is 29.3. The van der Waals surface area contributed by atoms with Crippen molar-refractivity contribution in [3.8, 4) is 5.75 Å². The Bertz CT molecular complexity index is 764. The second-order valence-corrected chi connectivity index (χ2v) is 8.05. The molecule has 1 aromatic carbocycles. The van der Waals surface area contributed by atoms with E-state index in [0.717, 1.165) is 25.0 Å². The highest BCUT2D eigenvalue weighted by Gasteiger charge is 2.45. The third-order valence-electron chi connectivity index (χ3n) is 5.23. The summed E-state index contributed by atoms with van der Waals surface area (Å²) in [6.07, 6.45) is -2.01. The first-order valence-corrected chi connectivity index (χ1v) is 9.71. The summed E-state index contributed by atoms with van der Waals surface area (Å²) in [5, 5.41) is 5.73. The molecular formula is C20H25F3N2O5. The van der Waals surface area contributed by atoms with E-state index in [-0.39, 0.29) is 30.7 Å². The van der Waals surface area contributed by atoms with Gasteiger partial charge in [0.15, 0.2) is 5.79 Å². The fourth-order valence-electron chi connectivity index (χ4n) is 3.67. The average Bonchev–Trinajstić information content (AvgIpc) is 2.65. The quantitative estimate of drug-likeness (QED) is 0.767. The van der Waals surface area contributed by atoms with Crippen LogP contribution in [0.3, 0.4) is 0 Å². The number of carbonyl (C=O) groups is 2. The maximum atomic E-state index is 12.5. The topological polar surface area (TPSA) is 85.9 Å². The zero-order valence-electron chi connectivity index (χ0n) is 16.8. The van der Waals surface area contributed by atoms with Crippen molar-refractivity contribution in [1.82, 2.24) is 10.6 Å². The molecule has 0 radical (unpaired) electrons. The van der Waals surface area contributed by atoms with Gasteiger partial charge in [0.2, 0.25) is 5.91 Å². The molecule has 0 unspecified atom stereocenters. The zero-order chi connectivity index (χ0) is 22.0. The summed E-state index contributed by atoms with van der Waals surface area (Å²) in [5.74, 6) is -1.62. The molecule has 1 heterocycles. The molecule has 3 rings (SSSR count). The lowest BCUT2D eigenvalue weighted by Crippen LogP contribution is -2.61. The molecule has 1 saturated carbocycles. The first kappa shape index (κ1) is 22.4. The SMILES string of the molecule is CC(=O)NC1CCC2(CC1)OCC(C)(NC(=O)c1ccc(OC(F)(F)F)cc1)CO2. The Kier molecular flexibility index (Phi) is 6.28. The number of halogens is 3. The largest absolute Gasteiger partial charge is 0.573 e. The molecule has 0 aromatic heterocycles. The van der Waals surface area contributed by atoms with E-state index < -0.39 is 29.3 Å². The first-order chi connectivity index (χ1) is 14.0. The molecule has 2 aliphatic rings. The van der Waals surface area contributed by atoms with Crippen LogP contribution in [0.2, 0.25) is 0 Å². The molecule has 1 aromatic rings. The molecule has 166 valence electrons. The number of rotatable bonds is 4. The lowest BCUT2D eigenvalue weighted by Gasteiger charge is -2.47. The number of carbonyl (C=O) groups excluding carboxylic acids is 2. The molecule has 1 aliphatic carbocycles. The Morgan fingerprint density at radius 3 is 2.17 bits per heavy atom. The molecule has 1 saturated heterocycles. The number of alkyl halides is 3. The number of nitrogens with one attached hydrogen (secondary N) is 2. The molecule has 7 nitrogen and oxygen atoms in total. The summed E-state index contributed by atoms with van der Waals surface area (Å²) >= 11 is 0. The molecule has 0 bridgehead atoms. The van der Waals surface area contributed by atoms with Gasteiger partial charge in [0, 0.05) is 31.4 Å². The van der Waals surface area contributed by atoms with Crippen LogP contribution in [-0.4, -0.2) is 48.8 Å². The van der Waals surface area contributed by atoms with Gasteiger partial charge in [0.1, 0.15) is 5.75 Å². The minimum atomic E-state index is -4.79. The third kappa shape index (κ3) is 5.85. The maximum Gasteiger partial charge on any atom is 0.573 e. The van der Waals surface area contributed by atoms with Crippen LogP contribution in [0.25, 0.3) is 0 Å². The summed E-state index contributed by atoms with van der Waals surface area (Å²) in [7, 11) is 0. The molecule has 30 heavy (non-hydrogen) atoms. The number of ether oxygens (including phenoxy) is 3. The van der Waals surface area contributed by atoms with Gasteiger partial charge in [-0.2, -0.15) is 0 Å². The molecule has 1 aliphatic heterocycles. The standard InChI is InChI=1S/C20H25F3N2O5/c1-13(26)24-15-7-9-19(10-8-15)28-11-18(2,12-29-19)25-17(27)14-3-5-16(6-4-14)30-20(21,22)23/h3-6,15H,7-12H2,1-2H3,(H,24,26)(H,25,27). The molecular weight excluding hydrogens is 405 g/mol. The van der Waals surface area contributed by atoms with E-state index in [1.165, 1.54) is 19.1 Å². The van der Waals surface area contributed by atoms with Crippen LogP contribution in [0.5, 0.6) is 5.75 Å². The monoisotopic (exact) mass is 430 g/mol. The smallest absolute Gasteiger partial charge is 0.406 e. The zero-order valence-corrected chi connectivity index (χ0v) is 16.8. The van der Waals surface area contributed by atoms with Crippen LogP contribution in [-0.2, 0) is 14.3 Å². The molecule has 1 spiro atoms. The highest BCUT2D eigenvalue weighted by Crippen LogP contribution is 2.37. The van der Waals surface area contributed by atoms with Gasteiger partial charge in [0.05, 0.1) is 18.8 Å². The van der Waals surface area contributed by atoms with Gasteiger partial charge in [0.25, 0.3) is 5.91 Å². The van der Waals surface area contributed by atoms with Crippen LogP contribution >= 0.6 is 0 Å². The fraction of sp³-hybridized carbons (Fsp3) is 0.600. The summed E-state index contributed by atoms with van der Waals surface area (Å²) in [5.41, 5.74) is -0.584. The lowest BCUT2D eigenvalue weighted by molar-refractivity contribution is -0.300. The van der Waals surface area contributed by atoms with E-state index >= 15 is 0 Å². The van der Waals surface area contributed by atoms with Crippen molar-refractivity contribution in [3.05, 3.63) is 29.8 Å². The molecule has 2 fully saturated rings. The van der Waals surface area contributed by atoms with E-state index in [0.29, 0.717) is 12.8 Å². The van der Waals surface area contributed by atoms with E-state index in [2.05, 4.69) is 15.4 Å². The van der Waals surface area contributed by atoms with Crippen molar-refractivity contribution < 1.29 is 37.0 Å². The van der Waals surface area contributed by atoms with Crippen LogP contribution in [0.4, 0.5) is 13.2 Å². The first-order valence-electron chi connectivity index (χ1n) is 9.71. The van der Waals surface area contributed by atoms with Crippen molar-refractivity contribution in [2.45, 2.75) is 63.3 Å². The van der Waals surface area contributed by atoms with E-state index in [9.17, 15) is 22.8 Å². The van der Waals surface area contributed by atoms with Crippen molar-refractivity contribution >= 4 is 11.8 Å². The van der Waals surface area contributed by atoms with E-state index in [1.807, 2.05) is 0 Å². The van der Waals surface area contributed by atoms with Crippen molar-refractivity contribution in [3.63, 3.8) is 0 Å². The number of benzene rings is 1. The Balaban J connectivity index is 1.52. The van der Waals surface area contributed by atoms with Gasteiger partial charge in [-0.05, 0) is 44.0 Å². The van der Waals surface area contributed by atoms with E-state index in [1.54, 1.807) is 6.92 Å². The van der Waals surface area contributed by atoms with Gasteiger partial charge < -0.3 is 24.8 Å². The Hall–Kier alpha value is -2.33. The highest BCUT2D eigenvalue weighted by atomic mass is 19.4. The summed E-state index contributed by atoms with van der Waals surface area (Å²) in [4.78, 5) is 23.7. The number of hydrogen-bond donors (Lipinski definition) is 2. The highest BCUT2D eigenvalue weighted by molar-refractivity contribution is 5.94. The Labute approximate surface area is 172 Å². The van der Waals surface area contributed by atoms with Gasteiger partial charge >= 0.3 is 6.36 Å². The second kappa shape index (κ2) is 8.43. The third-order valence-corrected chi connectivity index (χ3v) is 5.23. The molecule has 0 atom stereocenters. The number of amides is 2. The van der Waals surface area contributed by atoms with Gasteiger partial charge in [-0.15, -0.1) is 13.2 Å². The van der Waals surface area contributed by atoms with Crippen LogP contribution in [0.15, 0.2) is 24.3 Å². The van der Waals surface area contributed by atoms with E-state index in [4.69, 9.17) is 9.47 Å². The molecule has 10 heteroatoms. The minimum absolute atomic E-state index is 0.0604. The van der Waals surface area contributed by atoms with Gasteiger partial charge in [-0.3, -0.25) is 9.59 Å². The van der Waals surface area contributed by atoms with Crippen molar-refractivity contribution in [1.29, 1.82) is 0 Å². The minimum Gasteiger partial charge on any atom is -0.406 e. The van der Waals surface area contributed by atoms with Crippen molar-refractivity contribution in [2.75, 3.05) is 13.2 Å². The Morgan fingerprint density at radius 1 is 1.10 bits per heavy atom. The average molecular weight is 430 g/mol. The predicted molar refractivity (Wildman–Crippen MR) is 99.7 cm³/mol. The molecule has 2 N–H and O–H groups in total. The second-order valence-electron chi connectivity index (χ2n) is 8.05. The van der Waals surface area contributed by atoms with Crippen LogP contribution < -0.4 is 15.4 Å². The van der Waals surface area contributed by atoms with Crippen LogP contribution in [0.1, 0.15) is 49.9 Å². The summed E-state index contributed by atoms with van der Waals surface area (Å²) in [6, 6.07) is 4.80. The summed E-state index contributed by atoms with van der Waals surface area (Å²) in [6.45, 7) is 3.74. The van der Waals surface area contributed by atoms with Gasteiger partial charge in [-0.1, -0.05) is 0 Å². The summed E-state index contributed by atoms with van der Waals surface area (Å²) < 4.78 is 52.5. The maximum absolute atomic E-state index is 12.5. The van der Waals surface area contributed by atoms with Crippen molar-refractivity contribution in [2.24, 2.45) is 0 Å². The lowest BCUT2D eigenvalue weighted by atomic mass is 9.88. The number of hydrogen-bond acceptors (Lipinski definition) is 5.